The van der Waals surface area contributed by atoms with Gasteiger partial charge in [0.2, 0.25) is 0 Å². The zero-order valence-electron chi connectivity index (χ0n) is 15.3. The van der Waals surface area contributed by atoms with Crippen LogP contribution >= 0.6 is 27.3 Å². The quantitative estimate of drug-likeness (QED) is 0.605. The second kappa shape index (κ2) is 7.58. The number of hydrogen-bond donors (Lipinski definition) is 1. The van der Waals surface area contributed by atoms with Crippen LogP contribution in [0, 0.1) is 11.6 Å². The van der Waals surface area contributed by atoms with Gasteiger partial charge in [-0.2, -0.15) is 5.10 Å². The average Bonchev–Trinajstić information content (AvgIpc) is 3.30. The number of amides is 1. The van der Waals surface area contributed by atoms with Gasteiger partial charge in [0, 0.05) is 18.2 Å². The molecule has 1 aliphatic rings. The zero-order valence-corrected chi connectivity index (χ0v) is 17.8. The molecule has 3 heterocycles. The molecule has 3 aromatic rings. The zero-order chi connectivity index (χ0) is 20.8. The maximum absolute atomic E-state index is 14.7. The highest BCUT2D eigenvalue weighted by molar-refractivity contribution is 9.11. The van der Waals surface area contributed by atoms with Crippen molar-refractivity contribution >= 4 is 33.2 Å². The van der Waals surface area contributed by atoms with E-state index < -0.39 is 23.3 Å². The highest BCUT2D eigenvalue weighted by atomic mass is 79.9. The summed E-state index contributed by atoms with van der Waals surface area (Å²) in [6.45, 7) is 1.88. The minimum Gasteiger partial charge on any atom is -0.381 e. The first-order valence-corrected chi connectivity index (χ1v) is 10.5. The number of fused-ring (bicyclic) bond motifs is 1. The molecule has 1 aliphatic heterocycles. The molecule has 0 fully saturated rings. The van der Waals surface area contributed by atoms with Crippen molar-refractivity contribution in [2.75, 3.05) is 6.54 Å². The van der Waals surface area contributed by atoms with Crippen LogP contribution in [0.3, 0.4) is 0 Å². The number of hydrogen-bond acceptors (Lipinski definition) is 5. The molecule has 10 heteroatoms. The van der Waals surface area contributed by atoms with E-state index in [1.807, 2.05) is 6.07 Å². The number of aliphatic hydroxyl groups is 1. The first-order valence-electron chi connectivity index (χ1n) is 8.89. The summed E-state index contributed by atoms with van der Waals surface area (Å²) >= 11 is 4.73. The Hall–Kier alpha value is -2.17. The number of rotatable bonds is 5. The summed E-state index contributed by atoms with van der Waals surface area (Å²) in [7, 11) is 0. The van der Waals surface area contributed by atoms with Gasteiger partial charge in [-0.25, -0.2) is 18.4 Å². The fourth-order valence-electron chi connectivity index (χ4n) is 3.71. The molecule has 152 valence electrons. The fourth-order valence-corrected chi connectivity index (χ4v) is 5.36. The fraction of sp³-hybridized carbons (Fsp3) is 0.316. The molecule has 0 bridgehead atoms. The first kappa shape index (κ1) is 20.1. The molecule has 4 rings (SSSR count). The molecule has 1 aromatic carbocycles. The van der Waals surface area contributed by atoms with Crippen LogP contribution in [0.2, 0.25) is 0 Å². The summed E-state index contributed by atoms with van der Waals surface area (Å²) in [5.74, 6) is -1.86. The van der Waals surface area contributed by atoms with E-state index in [0.29, 0.717) is 17.8 Å². The van der Waals surface area contributed by atoms with Gasteiger partial charge in [-0.3, -0.25) is 4.79 Å². The normalized spacial score (nSPS) is 17.1. The Morgan fingerprint density at radius 2 is 2.17 bits per heavy atom. The minimum absolute atomic E-state index is 0.104. The van der Waals surface area contributed by atoms with Crippen molar-refractivity contribution in [1.82, 2.24) is 19.7 Å². The Kier molecular flexibility index (Phi) is 5.26. The summed E-state index contributed by atoms with van der Waals surface area (Å²) in [6, 6.07) is 4.12. The van der Waals surface area contributed by atoms with Crippen LogP contribution in [0.15, 0.2) is 40.7 Å². The molecular weight excluding hydrogens is 466 g/mol. The number of aromatic nitrogens is 3. The van der Waals surface area contributed by atoms with Crippen LogP contribution < -0.4 is 0 Å². The van der Waals surface area contributed by atoms with Crippen LogP contribution in [-0.4, -0.2) is 43.3 Å². The van der Waals surface area contributed by atoms with Gasteiger partial charge in [-0.15, -0.1) is 11.3 Å². The highest BCUT2D eigenvalue weighted by Crippen LogP contribution is 2.37. The van der Waals surface area contributed by atoms with Crippen molar-refractivity contribution in [2.24, 2.45) is 0 Å². The Morgan fingerprint density at radius 1 is 1.38 bits per heavy atom. The van der Waals surface area contributed by atoms with E-state index in [-0.39, 0.29) is 18.0 Å². The Morgan fingerprint density at radius 3 is 2.86 bits per heavy atom. The van der Waals surface area contributed by atoms with E-state index in [9.17, 15) is 18.7 Å². The van der Waals surface area contributed by atoms with Crippen molar-refractivity contribution in [3.8, 4) is 0 Å². The maximum Gasteiger partial charge on any atom is 0.264 e. The predicted octanol–water partition coefficient (Wildman–Crippen LogP) is 3.36. The summed E-state index contributed by atoms with van der Waals surface area (Å²) < 4.78 is 30.4. The maximum atomic E-state index is 14.7. The van der Waals surface area contributed by atoms with Gasteiger partial charge >= 0.3 is 0 Å². The average molecular weight is 483 g/mol. The van der Waals surface area contributed by atoms with Crippen LogP contribution in [0.25, 0.3) is 0 Å². The summed E-state index contributed by atoms with van der Waals surface area (Å²) in [5.41, 5.74) is -1.01. The SMILES string of the molecule is C[C@@H](N1CCc2cc(Br)sc2C1=O)[C@](O)(Cn1cncn1)c1ccc(F)cc1F. The molecule has 0 spiro atoms. The second-order valence-corrected chi connectivity index (χ2v) is 9.40. The third kappa shape index (κ3) is 3.60. The Bertz CT molecular complexity index is 1060. The monoisotopic (exact) mass is 482 g/mol. The van der Waals surface area contributed by atoms with E-state index in [2.05, 4.69) is 26.0 Å². The molecule has 29 heavy (non-hydrogen) atoms. The largest absolute Gasteiger partial charge is 0.381 e. The van der Waals surface area contributed by atoms with E-state index in [0.717, 1.165) is 21.5 Å². The van der Waals surface area contributed by atoms with Gasteiger partial charge in [-0.05, 0) is 47.0 Å². The number of carbonyl (C=O) groups excluding carboxylic acids is 1. The number of benzene rings is 1. The van der Waals surface area contributed by atoms with Crippen molar-refractivity contribution in [3.63, 3.8) is 0 Å². The second-order valence-electron chi connectivity index (χ2n) is 6.97. The van der Waals surface area contributed by atoms with Crippen LogP contribution in [0.1, 0.15) is 27.7 Å². The molecule has 0 saturated carbocycles. The molecule has 2 atom stereocenters. The third-order valence-electron chi connectivity index (χ3n) is 5.28. The van der Waals surface area contributed by atoms with Gasteiger partial charge in [-0.1, -0.05) is 6.07 Å². The van der Waals surface area contributed by atoms with Crippen molar-refractivity contribution in [1.29, 1.82) is 0 Å². The number of carbonyl (C=O) groups is 1. The number of nitrogens with zero attached hydrogens (tertiary/aromatic N) is 4. The topological polar surface area (TPSA) is 71.2 Å². The lowest BCUT2D eigenvalue weighted by Gasteiger charge is -2.42. The molecule has 2 aromatic heterocycles. The molecule has 0 radical (unpaired) electrons. The van der Waals surface area contributed by atoms with Crippen molar-refractivity contribution in [3.05, 3.63) is 68.3 Å². The van der Waals surface area contributed by atoms with E-state index >= 15 is 0 Å². The van der Waals surface area contributed by atoms with Crippen LogP contribution in [0.5, 0.6) is 0 Å². The van der Waals surface area contributed by atoms with Gasteiger partial charge in [0.15, 0.2) is 0 Å². The molecule has 0 aliphatic carbocycles. The predicted molar refractivity (Wildman–Crippen MR) is 106 cm³/mol. The summed E-state index contributed by atoms with van der Waals surface area (Å²) in [4.78, 5) is 19.1. The molecule has 1 amide bonds. The lowest BCUT2D eigenvalue weighted by atomic mass is 9.84. The van der Waals surface area contributed by atoms with Crippen molar-refractivity contribution < 1.29 is 18.7 Å². The molecular formula is C19H17BrF2N4O2S. The van der Waals surface area contributed by atoms with Gasteiger partial charge in [0.05, 0.1) is 21.3 Å². The lowest BCUT2D eigenvalue weighted by Crippen LogP contribution is -2.55. The smallest absolute Gasteiger partial charge is 0.264 e. The first-order chi connectivity index (χ1) is 13.8. The van der Waals surface area contributed by atoms with Crippen molar-refractivity contribution in [2.45, 2.75) is 31.5 Å². The van der Waals surface area contributed by atoms with Gasteiger partial charge < -0.3 is 10.0 Å². The van der Waals surface area contributed by atoms with E-state index in [1.54, 1.807) is 6.92 Å². The summed E-state index contributed by atoms with van der Waals surface area (Å²) in [5, 5.41) is 15.7. The minimum atomic E-state index is -1.85. The van der Waals surface area contributed by atoms with Gasteiger partial charge in [0.1, 0.15) is 29.9 Å². The molecule has 6 nitrogen and oxygen atoms in total. The van der Waals surface area contributed by atoms with Crippen LogP contribution in [-0.2, 0) is 18.6 Å². The van der Waals surface area contributed by atoms with Crippen LogP contribution in [0.4, 0.5) is 8.78 Å². The number of halogens is 3. The molecule has 0 saturated heterocycles. The van der Waals surface area contributed by atoms with E-state index in [4.69, 9.17) is 0 Å². The Balaban J connectivity index is 1.75. The molecule has 0 unspecified atom stereocenters. The molecule has 1 N–H and O–H groups in total. The number of thiophene rings is 1. The summed E-state index contributed by atoms with van der Waals surface area (Å²) in [6.07, 6.45) is 3.32. The van der Waals surface area contributed by atoms with Gasteiger partial charge in [0.25, 0.3) is 5.91 Å². The third-order valence-corrected chi connectivity index (χ3v) is 6.95. The Labute approximate surface area is 177 Å². The standard InChI is InChI=1S/C19H17BrF2N4O2S/c1-11(26-5-4-12-6-16(20)29-17(12)18(26)27)19(28,8-25-10-23-9-24-25)14-3-2-13(21)7-15(14)22/h2-3,6-7,9-11,28H,4-5,8H2,1H3/t11-,19-/m1/s1. The lowest BCUT2D eigenvalue weighted by molar-refractivity contribution is -0.0562. The van der Waals surface area contributed by atoms with E-state index in [1.165, 1.54) is 39.6 Å². The highest BCUT2D eigenvalue weighted by Gasteiger charge is 2.45.